The topological polar surface area (TPSA) is 66.5 Å². The van der Waals surface area contributed by atoms with E-state index in [0.717, 1.165) is 18.2 Å². The van der Waals surface area contributed by atoms with Gasteiger partial charge in [-0.1, -0.05) is 29.3 Å². The maximum absolute atomic E-state index is 14.2. The third-order valence-electron chi connectivity index (χ3n) is 4.06. The molecule has 0 spiro atoms. The minimum atomic E-state index is -3.80. The van der Waals surface area contributed by atoms with Crippen LogP contribution in [-0.2, 0) is 10.0 Å². The highest BCUT2D eigenvalue weighted by Crippen LogP contribution is 2.30. The van der Waals surface area contributed by atoms with Crippen LogP contribution in [0.4, 0.5) is 4.39 Å². The van der Waals surface area contributed by atoms with Crippen molar-refractivity contribution in [3.63, 3.8) is 0 Å². The Morgan fingerprint density at radius 1 is 1.19 bits per heavy atom. The number of nitrogens with one attached hydrogen (secondary N) is 1. The highest BCUT2D eigenvalue weighted by molar-refractivity contribution is 7.89. The average Bonchev–Trinajstić information content (AvgIpc) is 2.60. The highest BCUT2D eigenvalue weighted by atomic mass is 35.5. The third-order valence-corrected chi connectivity index (χ3v) is 6.04. The van der Waals surface area contributed by atoms with E-state index in [0.29, 0.717) is 15.6 Å². The standard InChI is InChI=1S/C17H17Cl2FN2O3S/c1-10(13-6-4-11(18)8-15(13)19)22(3)17(23)14-9-12(5-7-16(14)20)26(24,25)21-2/h4-10,21H,1-3H3. The van der Waals surface area contributed by atoms with E-state index in [9.17, 15) is 17.6 Å². The first kappa shape index (κ1) is 20.6. The molecule has 0 saturated carbocycles. The van der Waals surface area contributed by atoms with Gasteiger partial charge in [0.25, 0.3) is 5.91 Å². The fourth-order valence-corrected chi connectivity index (χ4v) is 3.69. The molecule has 140 valence electrons. The van der Waals surface area contributed by atoms with Crippen molar-refractivity contribution >= 4 is 39.1 Å². The number of hydrogen-bond acceptors (Lipinski definition) is 3. The summed E-state index contributed by atoms with van der Waals surface area (Å²) < 4.78 is 40.1. The SMILES string of the molecule is CNS(=O)(=O)c1ccc(F)c(C(=O)N(C)C(C)c2ccc(Cl)cc2Cl)c1. The summed E-state index contributed by atoms with van der Waals surface area (Å²) in [6, 6.07) is 7.43. The van der Waals surface area contributed by atoms with Crippen LogP contribution in [-0.4, -0.2) is 33.3 Å². The van der Waals surface area contributed by atoms with Crippen molar-refractivity contribution < 1.29 is 17.6 Å². The van der Waals surface area contributed by atoms with E-state index < -0.39 is 27.8 Å². The molecular weight excluding hydrogens is 402 g/mol. The summed E-state index contributed by atoms with van der Waals surface area (Å²) in [7, 11) is -1.09. The van der Waals surface area contributed by atoms with Gasteiger partial charge in [0.15, 0.2) is 0 Å². The van der Waals surface area contributed by atoms with Crippen molar-refractivity contribution in [3.8, 4) is 0 Å². The zero-order chi connectivity index (χ0) is 19.6. The Kier molecular flexibility index (Phi) is 6.29. The third kappa shape index (κ3) is 4.17. The summed E-state index contributed by atoms with van der Waals surface area (Å²) in [5.41, 5.74) is 0.284. The van der Waals surface area contributed by atoms with Crippen LogP contribution in [0, 0.1) is 5.82 Å². The molecule has 1 atom stereocenters. The predicted octanol–water partition coefficient (Wildman–Crippen LogP) is 3.87. The highest BCUT2D eigenvalue weighted by Gasteiger charge is 2.25. The van der Waals surface area contributed by atoms with Gasteiger partial charge in [-0.15, -0.1) is 0 Å². The molecule has 9 heteroatoms. The number of hydrogen-bond donors (Lipinski definition) is 1. The molecule has 0 aromatic heterocycles. The lowest BCUT2D eigenvalue weighted by Gasteiger charge is -2.26. The maximum Gasteiger partial charge on any atom is 0.257 e. The maximum atomic E-state index is 14.2. The molecule has 0 aliphatic heterocycles. The number of halogens is 3. The lowest BCUT2D eigenvalue weighted by molar-refractivity contribution is 0.0737. The first-order valence-electron chi connectivity index (χ1n) is 7.53. The summed E-state index contributed by atoms with van der Waals surface area (Å²) in [5.74, 6) is -1.49. The van der Waals surface area contributed by atoms with Gasteiger partial charge in [-0.05, 0) is 49.9 Å². The monoisotopic (exact) mass is 418 g/mol. The predicted molar refractivity (Wildman–Crippen MR) is 99.6 cm³/mol. The van der Waals surface area contributed by atoms with Crippen LogP contribution in [0.2, 0.25) is 10.0 Å². The average molecular weight is 419 g/mol. The van der Waals surface area contributed by atoms with Crippen LogP contribution in [0.3, 0.4) is 0 Å². The number of benzene rings is 2. The van der Waals surface area contributed by atoms with E-state index in [2.05, 4.69) is 4.72 Å². The summed E-state index contributed by atoms with van der Waals surface area (Å²) in [6.07, 6.45) is 0. The largest absolute Gasteiger partial charge is 0.335 e. The van der Waals surface area contributed by atoms with Crippen LogP contribution in [0.25, 0.3) is 0 Å². The Morgan fingerprint density at radius 3 is 2.42 bits per heavy atom. The second-order valence-electron chi connectivity index (χ2n) is 5.61. The van der Waals surface area contributed by atoms with E-state index in [4.69, 9.17) is 23.2 Å². The Bertz CT molecular complexity index is 951. The van der Waals surface area contributed by atoms with Crippen LogP contribution in [0.5, 0.6) is 0 Å². The fraction of sp³-hybridized carbons (Fsp3) is 0.235. The molecular formula is C17H17Cl2FN2O3S. The van der Waals surface area contributed by atoms with Crippen molar-refractivity contribution in [2.24, 2.45) is 0 Å². The van der Waals surface area contributed by atoms with E-state index in [-0.39, 0.29) is 10.5 Å². The molecule has 2 aromatic rings. The van der Waals surface area contributed by atoms with Gasteiger partial charge < -0.3 is 4.90 Å². The second kappa shape index (κ2) is 7.92. The number of amides is 1. The molecule has 1 N–H and O–H groups in total. The first-order chi connectivity index (χ1) is 12.1. The van der Waals surface area contributed by atoms with Crippen LogP contribution in [0.1, 0.15) is 28.9 Å². The molecule has 0 aliphatic rings. The van der Waals surface area contributed by atoms with Gasteiger partial charge in [0.1, 0.15) is 5.82 Å². The molecule has 2 aromatic carbocycles. The minimum absolute atomic E-state index is 0.199. The van der Waals surface area contributed by atoms with Gasteiger partial charge in [0.2, 0.25) is 10.0 Å². The minimum Gasteiger partial charge on any atom is -0.335 e. The Hall–Kier alpha value is -1.67. The van der Waals surface area contributed by atoms with Gasteiger partial charge in [0, 0.05) is 17.1 Å². The molecule has 0 bridgehead atoms. The molecule has 5 nitrogen and oxygen atoms in total. The van der Waals surface area contributed by atoms with Gasteiger partial charge in [-0.25, -0.2) is 17.5 Å². The van der Waals surface area contributed by atoms with Gasteiger partial charge in [-0.3, -0.25) is 4.79 Å². The fourth-order valence-electron chi connectivity index (χ4n) is 2.37. The van der Waals surface area contributed by atoms with E-state index in [1.807, 2.05) is 0 Å². The summed E-state index contributed by atoms with van der Waals surface area (Å²) >= 11 is 12.0. The zero-order valence-electron chi connectivity index (χ0n) is 14.3. The summed E-state index contributed by atoms with van der Waals surface area (Å²) in [5, 5.41) is 0.826. The van der Waals surface area contributed by atoms with Crippen LogP contribution >= 0.6 is 23.2 Å². The van der Waals surface area contributed by atoms with Crippen LogP contribution in [0.15, 0.2) is 41.3 Å². The van der Waals surface area contributed by atoms with Crippen LogP contribution < -0.4 is 4.72 Å². The second-order valence-corrected chi connectivity index (χ2v) is 8.34. The number of carbonyl (C=O) groups is 1. The summed E-state index contributed by atoms with van der Waals surface area (Å²) in [4.78, 5) is 13.8. The van der Waals surface area contributed by atoms with Gasteiger partial charge in [-0.2, -0.15) is 0 Å². The van der Waals surface area contributed by atoms with E-state index in [1.165, 1.54) is 19.0 Å². The van der Waals surface area contributed by atoms with Crippen molar-refractivity contribution in [2.75, 3.05) is 14.1 Å². The van der Waals surface area contributed by atoms with Crippen molar-refractivity contribution in [2.45, 2.75) is 17.9 Å². The lowest BCUT2D eigenvalue weighted by Crippen LogP contribution is -2.31. The molecule has 1 amide bonds. The number of carbonyl (C=O) groups excluding carboxylic acids is 1. The number of rotatable bonds is 5. The molecule has 26 heavy (non-hydrogen) atoms. The quantitative estimate of drug-likeness (QED) is 0.800. The molecule has 0 heterocycles. The lowest BCUT2D eigenvalue weighted by atomic mass is 10.1. The summed E-state index contributed by atoms with van der Waals surface area (Å²) in [6.45, 7) is 1.72. The Balaban J connectivity index is 2.40. The molecule has 1 unspecified atom stereocenters. The molecule has 0 radical (unpaired) electrons. The van der Waals surface area contributed by atoms with Crippen molar-refractivity contribution in [3.05, 3.63) is 63.4 Å². The number of nitrogens with zero attached hydrogens (tertiary/aromatic N) is 1. The Labute approximate surface area is 161 Å². The van der Waals surface area contributed by atoms with E-state index in [1.54, 1.807) is 25.1 Å². The smallest absolute Gasteiger partial charge is 0.257 e. The zero-order valence-corrected chi connectivity index (χ0v) is 16.6. The first-order valence-corrected chi connectivity index (χ1v) is 9.77. The normalized spacial score (nSPS) is 12.7. The Morgan fingerprint density at radius 2 is 1.85 bits per heavy atom. The van der Waals surface area contributed by atoms with E-state index >= 15 is 0 Å². The van der Waals surface area contributed by atoms with Crippen molar-refractivity contribution in [1.29, 1.82) is 0 Å². The number of sulfonamides is 1. The van der Waals surface area contributed by atoms with Crippen molar-refractivity contribution in [1.82, 2.24) is 9.62 Å². The molecule has 2 rings (SSSR count). The molecule has 0 aliphatic carbocycles. The molecule has 0 fully saturated rings. The van der Waals surface area contributed by atoms with Gasteiger partial charge >= 0.3 is 0 Å². The molecule has 0 saturated heterocycles. The van der Waals surface area contributed by atoms with Gasteiger partial charge in [0.05, 0.1) is 16.5 Å².